The van der Waals surface area contributed by atoms with Crippen LogP contribution in [0.2, 0.25) is 0 Å². The maximum absolute atomic E-state index is 3.65. The Morgan fingerprint density at radius 2 is 2.10 bits per heavy atom. The Labute approximate surface area is 131 Å². The second-order valence-electron chi connectivity index (χ2n) is 5.41. The van der Waals surface area contributed by atoms with Crippen molar-refractivity contribution in [1.82, 2.24) is 5.32 Å². The SMILES string of the molecule is CCCCCCC(C)NCc1cc(-c2cccs2)cs1. The molecule has 110 valence electrons. The molecule has 2 rings (SSSR count). The van der Waals surface area contributed by atoms with Crippen LogP contribution in [0.1, 0.15) is 50.8 Å². The monoisotopic (exact) mass is 307 g/mol. The molecule has 0 bridgehead atoms. The van der Waals surface area contributed by atoms with Crippen LogP contribution in [0.25, 0.3) is 10.4 Å². The third-order valence-corrected chi connectivity index (χ3v) is 5.43. The van der Waals surface area contributed by atoms with Gasteiger partial charge in [0.1, 0.15) is 0 Å². The van der Waals surface area contributed by atoms with Crippen molar-refractivity contribution in [1.29, 1.82) is 0 Å². The van der Waals surface area contributed by atoms with Gasteiger partial charge in [0.2, 0.25) is 0 Å². The number of nitrogens with one attached hydrogen (secondary N) is 1. The van der Waals surface area contributed by atoms with E-state index in [0.717, 1.165) is 6.54 Å². The van der Waals surface area contributed by atoms with Crippen LogP contribution in [0.5, 0.6) is 0 Å². The predicted molar refractivity (Wildman–Crippen MR) is 92.7 cm³/mol. The van der Waals surface area contributed by atoms with Crippen molar-refractivity contribution in [2.45, 2.75) is 58.5 Å². The van der Waals surface area contributed by atoms with Gasteiger partial charge in [-0.25, -0.2) is 0 Å². The number of rotatable bonds is 9. The summed E-state index contributed by atoms with van der Waals surface area (Å²) in [5, 5.41) is 8.06. The third kappa shape index (κ3) is 5.04. The molecule has 0 aliphatic heterocycles. The van der Waals surface area contributed by atoms with Crippen molar-refractivity contribution < 1.29 is 0 Å². The third-order valence-electron chi connectivity index (χ3n) is 3.57. The van der Waals surface area contributed by atoms with E-state index in [2.05, 4.69) is 48.1 Å². The van der Waals surface area contributed by atoms with Crippen molar-refractivity contribution in [3.63, 3.8) is 0 Å². The molecule has 0 fully saturated rings. The lowest BCUT2D eigenvalue weighted by Gasteiger charge is -2.12. The highest BCUT2D eigenvalue weighted by atomic mass is 32.1. The average Bonchev–Trinajstić information content (AvgIpc) is 3.11. The molecule has 0 aromatic carbocycles. The standard InChI is InChI=1S/C17H25NS2/c1-3-4-5-6-8-14(2)18-12-16-11-15(13-20-16)17-9-7-10-19-17/h7,9-11,13-14,18H,3-6,8,12H2,1-2H3. The molecule has 0 spiro atoms. The van der Waals surface area contributed by atoms with Crippen LogP contribution in [-0.2, 0) is 6.54 Å². The zero-order valence-corrected chi connectivity index (χ0v) is 14.2. The molecule has 1 nitrogen and oxygen atoms in total. The second-order valence-corrected chi connectivity index (χ2v) is 7.35. The summed E-state index contributed by atoms with van der Waals surface area (Å²) < 4.78 is 0. The lowest BCUT2D eigenvalue weighted by Crippen LogP contribution is -2.24. The molecule has 0 aliphatic carbocycles. The van der Waals surface area contributed by atoms with Crippen molar-refractivity contribution in [2.24, 2.45) is 0 Å². The Morgan fingerprint density at radius 1 is 1.20 bits per heavy atom. The highest BCUT2D eigenvalue weighted by Crippen LogP contribution is 2.29. The van der Waals surface area contributed by atoms with E-state index >= 15 is 0 Å². The predicted octanol–water partition coefficient (Wildman–Crippen LogP) is 5.93. The van der Waals surface area contributed by atoms with Gasteiger partial charge in [0.25, 0.3) is 0 Å². The first-order valence-electron chi connectivity index (χ1n) is 7.64. The quantitative estimate of drug-likeness (QED) is 0.566. The van der Waals surface area contributed by atoms with Gasteiger partial charge in [-0.2, -0.15) is 0 Å². The van der Waals surface area contributed by atoms with Gasteiger partial charge in [-0.15, -0.1) is 22.7 Å². The van der Waals surface area contributed by atoms with E-state index in [1.807, 2.05) is 22.7 Å². The minimum Gasteiger partial charge on any atom is -0.309 e. The van der Waals surface area contributed by atoms with E-state index in [1.165, 1.54) is 47.4 Å². The van der Waals surface area contributed by atoms with Gasteiger partial charge in [0.15, 0.2) is 0 Å². The molecule has 3 heteroatoms. The van der Waals surface area contributed by atoms with E-state index in [-0.39, 0.29) is 0 Å². The summed E-state index contributed by atoms with van der Waals surface area (Å²) in [6.45, 7) is 5.58. The fraction of sp³-hybridized carbons (Fsp3) is 0.529. The van der Waals surface area contributed by atoms with Crippen molar-refractivity contribution >= 4 is 22.7 Å². The molecular formula is C17H25NS2. The highest BCUT2D eigenvalue weighted by molar-refractivity contribution is 7.14. The molecule has 2 aromatic heterocycles. The van der Waals surface area contributed by atoms with Crippen LogP contribution < -0.4 is 5.32 Å². The Balaban J connectivity index is 1.71. The van der Waals surface area contributed by atoms with Gasteiger partial charge in [-0.1, -0.05) is 38.7 Å². The summed E-state index contributed by atoms with van der Waals surface area (Å²) in [5.41, 5.74) is 1.37. The van der Waals surface area contributed by atoms with Crippen LogP contribution in [0, 0.1) is 0 Å². The maximum Gasteiger partial charge on any atom is 0.0351 e. The fourth-order valence-electron chi connectivity index (χ4n) is 2.30. The molecule has 2 heterocycles. The molecule has 0 radical (unpaired) electrons. The summed E-state index contributed by atoms with van der Waals surface area (Å²) in [5.74, 6) is 0. The Bertz CT molecular complexity index is 473. The zero-order valence-electron chi connectivity index (χ0n) is 12.5. The summed E-state index contributed by atoms with van der Waals surface area (Å²) >= 11 is 3.68. The van der Waals surface area contributed by atoms with Gasteiger partial charge in [-0.05, 0) is 36.2 Å². The topological polar surface area (TPSA) is 12.0 Å². The zero-order chi connectivity index (χ0) is 14.2. The maximum atomic E-state index is 3.65. The van der Waals surface area contributed by atoms with E-state index in [1.54, 1.807) is 0 Å². The summed E-state index contributed by atoms with van der Waals surface area (Å²) in [6, 6.07) is 7.26. The summed E-state index contributed by atoms with van der Waals surface area (Å²) in [7, 11) is 0. The minimum absolute atomic E-state index is 0.624. The molecule has 0 saturated carbocycles. The molecule has 2 aromatic rings. The largest absolute Gasteiger partial charge is 0.309 e. The molecule has 0 aliphatic rings. The van der Waals surface area contributed by atoms with Crippen LogP contribution in [0.4, 0.5) is 0 Å². The molecule has 0 amide bonds. The van der Waals surface area contributed by atoms with E-state index < -0.39 is 0 Å². The van der Waals surface area contributed by atoms with Crippen molar-refractivity contribution in [3.05, 3.63) is 33.8 Å². The van der Waals surface area contributed by atoms with Gasteiger partial charge >= 0.3 is 0 Å². The second kappa shape index (κ2) is 8.60. The van der Waals surface area contributed by atoms with Gasteiger partial charge in [0, 0.05) is 27.9 Å². The van der Waals surface area contributed by atoms with E-state index in [4.69, 9.17) is 0 Å². The summed E-state index contributed by atoms with van der Waals surface area (Å²) in [4.78, 5) is 2.81. The van der Waals surface area contributed by atoms with Crippen molar-refractivity contribution in [2.75, 3.05) is 0 Å². The van der Waals surface area contributed by atoms with E-state index in [0.29, 0.717) is 6.04 Å². The minimum atomic E-state index is 0.624. The molecule has 1 N–H and O–H groups in total. The highest BCUT2D eigenvalue weighted by Gasteiger charge is 2.05. The first kappa shape index (κ1) is 15.7. The lowest BCUT2D eigenvalue weighted by molar-refractivity contribution is 0.484. The van der Waals surface area contributed by atoms with Gasteiger partial charge in [-0.3, -0.25) is 0 Å². The first-order valence-corrected chi connectivity index (χ1v) is 9.40. The van der Waals surface area contributed by atoms with E-state index in [9.17, 15) is 0 Å². The molecule has 1 unspecified atom stereocenters. The first-order chi connectivity index (χ1) is 9.79. The molecular weight excluding hydrogens is 282 g/mol. The number of hydrogen-bond donors (Lipinski definition) is 1. The Hall–Kier alpha value is -0.640. The molecule has 1 atom stereocenters. The van der Waals surface area contributed by atoms with Gasteiger partial charge < -0.3 is 5.32 Å². The number of unbranched alkanes of at least 4 members (excludes halogenated alkanes) is 3. The fourth-order valence-corrected chi connectivity index (χ4v) is 3.92. The average molecular weight is 308 g/mol. The smallest absolute Gasteiger partial charge is 0.0351 e. The Morgan fingerprint density at radius 3 is 2.85 bits per heavy atom. The van der Waals surface area contributed by atoms with Crippen LogP contribution >= 0.6 is 22.7 Å². The number of hydrogen-bond acceptors (Lipinski definition) is 3. The Kier molecular flexibility index (Phi) is 6.77. The number of thiophene rings is 2. The van der Waals surface area contributed by atoms with Crippen LogP contribution in [0.15, 0.2) is 29.0 Å². The van der Waals surface area contributed by atoms with Gasteiger partial charge in [0.05, 0.1) is 0 Å². The molecule has 20 heavy (non-hydrogen) atoms. The molecule has 0 saturated heterocycles. The summed E-state index contributed by atoms with van der Waals surface area (Å²) in [6.07, 6.45) is 6.73. The normalized spacial score (nSPS) is 12.7. The van der Waals surface area contributed by atoms with Crippen LogP contribution in [-0.4, -0.2) is 6.04 Å². The van der Waals surface area contributed by atoms with Crippen LogP contribution in [0.3, 0.4) is 0 Å². The van der Waals surface area contributed by atoms with Crippen molar-refractivity contribution in [3.8, 4) is 10.4 Å². The lowest BCUT2D eigenvalue weighted by atomic mass is 10.1.